The van der Waals surface area contributed by atoms with Crippen LogP contribution in [-0.4, -0.2) is 45.5 Å². The van der Waals surface area contributed by atoms with E-state index in [4.69, 9.17) is 9.47 Å². The van der Waals surface area contributed by atoms with Crippen molar-refractivity contribution in [3.63, 3.8) is 0 Å². The van der Waals surface area contributed by atoms with Gasteiger partial charge >= 0.3 is 0 Å². The Labute approximate surface area is 114 Å². The lowest BCUT2D eigenvalue weighted by atomic mass is 10.1. The number of hydrogen-bond acceptors (Lipinski definition) is 4. The van der Waals surface area contributed by atoms with E-state index in [-0.39, 0.29) is 0 Å². The van der Waals surface area contributed by atoms with Crippen molar-refractivity contribution in [1.82, 2.24) is 10.6 Å². The van der Waals surface area contributed by atoms with E-state index in [2.05, 4.69) is 28.8 Å². The molecule has 104 valence electrons. The Morgan fingerprint density at radius 1 is 1.32 bits per heavy atom. The number of fused-ring (bicyclic) bond motifs is 1. The van der Waals surface area contributed by atoms with Crippen molar-refractivity contribution in [3.8, 4) is 5.75 Å². The molecular weight excluding hydrogens is 240 g/mol. The van der Waals surface area contributed by atoms with E-state index >= 15 is 0 Å². The number of ether oxygens (including phenoxy) is 2. The minimum atomic E-state index is 0.321. The molecule has 1 saturated heterocycles. The van der Waals surface area contributed by atoms with Gasteiger partial charge in [0.05, 0.1) is 19.3 Å². The molecule has 4 nitrogen and oxygen atoms in total. The molecule has 0 spiro atoms. The first kappa shape index (κ1) is 12.9. The van der Waals surface area contributed by atoms with E-state index in [1.165, 1.54) is 11.1 Å². The van der Waals surface area contributed by atoms with Crippen molar-refractivity contribution in [3.05, 3.63) is 29.3 Å². The predicted molar refractivity (Wildman–Crippen MR) is 74.8 cm³/mol. The second-order valence-electron chi connectivity index (χ2n) is 5.19. The third-order valence-corrected chi connectivity index (χ3v) is 3.72. The zero-order valence-electron chi connectivity index (χ0n) is 11.3. The van der Waals surface area contributed by atoms with Gasteiger partial charge in [0.2, 0.25) is 0 Å². The van der Waals surface area contributed by atoms with E-state index in [0.717, 1.165) is 58.0 Å². The number of morpholine rings is 1. The maximum Gasteiger partial charge on any atom is 0.122 e. The Balaban J connectivity index is 1.40. The lowest BCUT2D eigenvalue weighted by Gasteiger charge is -2.23. The van der Waals surface area contributed by atoms with Crippen molar-refractivity contribution in [2.45, 2.75) is 18.9 Å². The fourth-order valence-electron chi connectivity index (χ4n) is 2.64. The minimum absolute atomic E-state index is 0.321. The average molecular weight is 262 g/mol. The molecule has 0 saturated carbocycles. The predicted octanol–water partition coefficient (Wildman–Crippen LogP) is 0.742. The molecule has 1 aromatic carbocycles. The van der Waals surface area contributed by atoms with Crippen LogP contribution in [0.5, 0.6) is 5.75 Å². The van der Waals surface area contributed by atoms with Crippen LogP contribution in [0.3, 0.4) is 0 Å². The smallest absolute Gasteiger partial charge is 0.122 e. The molecule has 0 aliphatic carbocycles. The normalized spacial score (nSPS) is 22.0. The van der Waals surface area contributed by atoms with Crippen LogP contribution < -0.4 is 15.4 Å². The fourth-order valence-corrected chi connectivity index (χ4v) is 2.64. The summed E-state index contributed by atoms with van der Waals surface area (Å²) in [6.45, 7) is 5.54. The van der Waals surface area contributed by atoms with Crippen molar-refractivity contribution in [2.24, 2.45) is 0 Å². The molecular formula is C15H22N2O2. The Morgan fingerprint density at radius 2 is 2.32 bits per heavy atom. The summed E-state index contributed by atoms with van der Waals surface area (Å²) in [4.78, 5) is 0. The number of benzene rings is 1. The highest BCUT2D eigenvalue weighted by molar-refractivity contribution is 5.39. The molecule has 2 aliphatic rings. The molecule has 1 unspecified atom stereocenters. The summed E-state index contributed by atoms with van der Waals surface area (Å²) in [6.07, 6.45) is 2.44. The van der Waals surface area contributed by atoms with Gasteiger partial charge in [0.25, 0.3) is 0 Å². The molecule has 19 heavy (non-hydrogen) atoms. The first-order valence-corrected chi connectivity index (χ1v) is 7.19. The molecule has 0 amide bonds. The number of nitrogens with one attached hydrogen (secondary N) is 2. The lowest BCUT2D eigenvalue weighted by molar-refractivity contribution is 0.0294. The Hall–Kier alpha value is -1.10. The van der Waals surface area contributed by atoms with Gasteiger partial charge in [0.1, 0.15) is 5.75 Å². The third-order valence-electron chi connectivity index (χ3n) is 3.72. The van der Waals surface area contributed by atoms with E-state index in [0.29, 0.717) is 6.10 Å². The SMILES string of the molecule is c1cc2c(cc1CCNCC1CNCCO1)CCO2. The third kappa shape index (κ3) is 3.47. The highest BCUT2D eigenvalue weighted by Crippen LogP contribution is 2.25. The first-order chi connectivity index (χ1) is 9.42. The van der Waals surface area contributed by atoms with Gasteiger partial charge < -0.3 is 20.1 Å². The largest absolute Gasteiger partial charge is 0.493 e. The van der Waals surface area contributed by atoms with E-state index < -0.39 is 0 Å². The molecule has 2 N–H and O–H groups in total. The van der Waals surface area contributed by atoms with Gasteiger partial charge in [-0.15, -0.1) is 0 Å². The molecule has 2 aliphatic heterocycles. The summed E-state index contributed by atoms with van der Waals surface area (Å²) in [5, 5.41) is 6.82. The Kier molecular flexibility index (Phi) is 4.33. The summed E-state index contributed by atoms with van der Waals surface area (Å²) in [7, 11) is 0. The molecule has 0 radical (unpaired) electrons. The highest BCUT2D eigenvalue weighted by atomic mass is 16.5. The maximum absolute atomic E-state index is 5.65. The lowest BCUT2D eigenvalue weighted by Crippen LogP contribution is -2.44. The van der Waals surface area contributed by atoms with Gasteiger partial charge in [-0.1, -0.05) is 12.1 Å². The van der Waals surface area contributed by atoms with Crippen LogP contribution in [0.15, 0.2) is 18.2 Å². The Bertz CT molecular complexity index is 417. The standard InChI is InChI=1S/C15H22N2O2/c1-2-15-13(4-7-19-15)9-12(1)3-5-16-10-14-11-17-6-8-18-14/h1-2,9,14,16-17H,3-8,10-11H2. The second-order valence-corrected chi connectivity index (χ2v) is 5.19. The molecule has 1 atom stereocenters. The van der Waals surface area contributed by atoms with Crippen molar-refractivity contribution < 1.29 is 9.47 Å². The molecule has 3 rings (SSSR count). The fraction of sp³-hybridized carbons (Fsp3) is 0.600. The van der Waals surface area contributed by atoms with Gasteiger partial charge in [0, 0.05) is 26.1 Å². The topological polar surface area (TPSA) is 42.5 Å². The van der Waals surface area contributed by atoms with E-state index in [1.807, 2.05) is 0 Å². The van der Waals surface area contributed by atoms with Crippen LogP contribution in [-0.2, 0) is 17.6 Å². The van der Waals surface area contributed by atoms with E-state index in [9.17, 15) is 0 Å². The van der Waals surface area contributed by atoms with Crippen LogP contribution in [0, 0.1) is 0 Å². The second kappa shape index (κ2) is 6.37. The van der Waals surface area contributed by atoms with Crippen LogP contribution in [0.1, 0.15) is 11.1 Å². The Morgan fingerprint density at radius 3 is 3.21 bits per heavy atom. The molecule has 4 heteroatoms. The summed E-state index contributed by atoms with van der Waals surface area (Å²) in [5.74, 6) is 1.07. The first-order valence-electron chi connectivity index (χ1n) is 7.19. The van der Waals surface area contributed by atoms with Gasteiger partial charge in [0.15, 0.2) is 0 Å². The summed E-state index contributed by atoms with van der Waals surface area (Å²) in [6, 6.07) is 6.55. The molecule has 1 aromatic rings. The van der Waals surface area contributed by atoms with Gasteiger partial charge in [-0.3, -0.25) is 0 Å². The molecule has 0 aromatic heterocycles. The minimum Gasteiger partial charge on any atom is -0.493 e. The number of rotatable bonds is 5. The zero-order chi connectivity index (χ0) is 12.9. The maximum atomic E-state index is 5.65. The van der Waals surface area contributed by atoms with Crippen LogP contribution >= 0.6 is 0 Å². The highest BCUT2D eigenvalue weighted by Gasteiger charge is 2.13. The van der Waals surface area contributed by atoms with Crippen LogP contribution in [0.4, 0.5) is 0 Å². The summed E-state index contributed by atoms with van der Waals surface area (Å²) >= 11 is 0. The summed E-state index contributed by atoms with van der Waals surface area (Å²) in [5.41, 5.74) is 2.75. The monoisotopic (exact) mass is 262 g/mol. The summed E-state index contributed by atoms with van der Waals surface area (Å²) < 4.78 is 11.2. The van der Waals surface area contributed by atoms with Gasteiger partial charge in [-0.25, -0.2) is 0 Å². The van der Waals surface area contributed by atoms with Gasteiger partial charge in [-0.2, -0.15) is 0 Å². The van der Waals surface area contributed by atoms with E-state index in [1.54, 1.807) is 0 Å². The van der Waals surface area contributed by atoms with Crippen molar-refractivity contribution in [2.75, 3.05) is 39.4 Å². The zero-order valence-corrected chi connectivity index (χ0v) is 11.3. The quantitative estimate of drug-likeness (QED) is 0.768. The van der Waals surface area contributed by atoms with Crippen molar-refractivity contribution in [1.29, 1.82) is 0 Å². The average Bonchev–Trinajstić information content (AvgIpc) is 2.92. The number of hydrogen-bond donors (Lipinski definition) is 2. The molecule has 1 fully saturated rings. The van der Waals surface area contributed by atoms with Crippen LogP contribution in [0.25, 0.3) is 0 Å². The van der Waals surface area contributed by atoms with Crippen LogP contribution in [0.2, 0.25) is 0 Å². The van der Waals surface area contributed by atoms with Gasteiger partial charge in [-0.05, 0) is 30.2 Å². The van der Waals surface area contributed by atoms with Crippen molar-refractivity contribution >= 4 is 0 Å². The molecule has 0 bridgehead atoms. The molecule has 2 heterocycles.